The van der Waals surface area contributed by atoms with Crippen molar-refractivity contribution in [1.82, 2.24) is 16.3 Å². The van der Waals surface area contributed by atoms with Gasteiger partial charge >= 0.3 is 18.0 Å². The van der Waals surface area contributed by atoms with Crippen molar-refractivity contribution in [2.24, 2.45) is 5.10 Å². The van der Waals surface area contributed by atoms with Gasteiger partial charge < -0.3 is 9.15 Å². The molecule has 11 nitrogen and oxygen atoms in total. The summed E-state index contributed by atoms with van der Waals surface area (Å²) in [6.07, 6.45) is 1.86. The lowest BCUT2D eigenvalue weighted by Crippen LogP contribution is -2.45. The van der Waals surface area contributed by atoms with E-state index in [0.29, 0.717) is 0 Å². The maximum atomic E-state index is 11.2. The van der Waals surface area contributed by atoms with Crippen molar-refractivity contribution in [2.45, 2.75) is 19.8 Å². The maximum absolute atomic E-state index is 11.2. The summed E-state index contributed by atoms with van der Waals surface area (Å²) < 4.78 is 9.49. The average Bonchev–Trinajstić information content (AvgIpc) is 2.94. The summed E-state index contributed by atoms with van der Waals surface area (Å²) in [4.78, 5) is 32.0. The highest BCUT2D eigenvalue weighted by Crippen LogP contribution is 2.13. The highest BCUT2D eigenvalue weighted by molar-refractivity contribution is 5.80. The van der Waals surface area contributed by atoms with Crippen LogP contribution in [0.3, 0.4) is 0 Å². The molecule has 3 N–H and O–H groups in total. The third-order valence-corrected chi connectivity index (χ3v) is 2.16. The van der Waals surface area contributed by atoms with E-state index >= 15 is 0 Å². The number of hydrogen-bond donors (Lipinski definition) is 3. The Balaban J connectivity index is 2.26. The van der Waals surface area contributed by atoms with E-state index in [4.69, 9.17) is 9.15 Å². The highest BCUT2D eigenvalue weighted by Gasteiger charge is 2.10. The van der Waals surface area contributed by atoms with Crippen LogP contribution < -0.4 is 16.3 Å². The first-order chi connectivity index (χ1) is 10.5. The van der Waals surface area contributed by atoms with Crippen LogP contribution in [0.25, 0.3) is 0 Å². The molecule has 0 fully saturated rings. The third-order valence-electron chi connectivity index (χ3n) is 2.16. The van der Waals surface area contributed by atoms with Gasteiger partial charge in [0, 0.05) is 0 Å². The van der Waals surface area contributed by atoms with Gasteiger partial charge in [0.05, 0.1) is 18.9 Å². The van der Waals surface area contributed by atoms with Crippen LogP contribution in [0.15, 0.2) is 21.7 Å². The summed E-state index contributed by atoms with van der Waals surface area (Å²) >= 11 is 0. The number of ether oxygens (including phenoxy) is 1. The smallest absolute Gasteiger partial charge is 0.433 e. The first-order valence-electron chi connectivity index (χ1n) is 6.29. The van der Waals surface area contributed by atoms with Gasteiger partial charge in [-0.1, -0.05) is 13.3 Å². The molecule has 0 aliphatic rings. The monoisotopic (exact) mass is 313 g/mol. The van der Waals surface area contributed by atoms with Gasteiger partial charge in [-0.05, 0) is 12.5 Å². The van der Waals surface area contributed by atoms with E-state index in [0.717, 1.165) is 25.1 Å². The van der Waals surface area contributed by atoms with Crippen molar-refractivity contribution in [2.75, 3.05) is 6.61 Å². The summed E-state index contributed by atoms with van der Waals surface area (Å²) in [5.41, 5.74) is 6.00. The molecule has 1 aromatic rings. The van der Waals surface area contributed by atoms with E-state index in [2.05, 4.69) is 5.10 Å². The summed E-state index contributed by atoms with van der Waals surface area (Å²) in [5.74, 6) is -0.360. The van der Waals surface area contributed by atoms with Gasteiger partial charge in [0.15, 0.2) is 5.76 Å². The van der Waals surface area contributed by atoms with E-state index in [1.807, 2.05) is 23.2 Å². The van der Waals surface area contributed by atoms with Gasteiger partial charge in [0.25, 0.3) is 0 Å². The second-order valence-corrected chi connectivity index (χ2v) is 3.87. The Hall–Kier alpha value is -3.11. The molecule has 0 aliphatic heterocycles. The Labute approximate surface area is 124 Å². The number of urea groups is 1. The average molecular weight is 313 g/mol. The first kappa shape index (κ1) is 16.9. The molecule has 1 heterocycles. The molecule has 0 atom stereocenters. The molecule has 1 rings (SSSR count). The van der Waals surface area contributed by atoms with Crippen molar-refractivity contribution in [3.63, 3.8) is 0 Å². The Morgan fingerprint density at radius 2 is 2.23 bits per heavy atom. The van der Waals surface area contributed by atoms with Gasteiger partial charge in [-0.25, -0.2) is 25.9 Å². The van der Waals surface area contributed by atoms with Gasteiger partial charge in [0.1, 0.15) is 4.92 Å². The Bertz CT molecular complexity index is 555. The number of hydrazone groups is 1. The predicted octanol–water partition coefficient (Wildman–Crippen LogP) is 1.26. The third kappa shape index (κ3) is 6.36. The number of amides is 3. The van der Waals surface area contributed by atoms with Crippen molar-refractivity contribution >= 4 is 24.2 Å². The van der Waals surface area contributed by atoms with E-state index in [1.165, 1.54) is 6.07 Å². The number of nitrogens with one attached hydrogen (secondary N) is 3. The quantitative estimate of drug-likeness (QED) is 0.311. The van der Waals surface area contributed by atoms with Crippen molar-refractivity contribution in [1.29, 1.82) is 0 Å². The van der Waals surface area contributed by atoms with Crippen molar-refractivity contribution in [3.05, 3.63) is 28.0 Å². The minimum absolute atomic E-state index is 0.0823. The molecule has 1 aromatic heterocycles. The number of nitrogens with zero attached hydrogens (tertiary/aromatic N) is 2. The molecule has 120 valence electrons. The first-order valence-corrected chi connectivity index (χ1v) is 6.29. The Morgan fingerprint density at radius 3 is 2.86 bits per heavy atom. The lowest BCUT2D eigenvalue weighted by Gasteiger charge is -2.06. The minimum atomic E-state index is -0.829. The van der Waals surface area contributed by atoms with Gasteiger partial charge in [-0.15, -0.1) is 0 Å². The molecule has 0 saturated carbocycles. The summed E-state index contributed by atoms with van der Waals surface area (Å²) in [6, 6.07) is 1.63. The number of carbonyl (C=O) groups is 2. The number of rotatable bonds is 6. The maximum Gasteiger partial charge on any atom is 0.433 e. The summed E-state index contributed by atoms with van der Waals surface area (Å²) in [6.45, 7) is 2.19. The number of hydrazine groups is 1. The fraction of sp³-hybridized carbons (Fsp3) is 0.364. The largest absolute Gasteiger partial charge is 0.448 e. The molecule has 0 saturated heterocycles. The highest BCUT2D eigenvalue weighted by atomic mass is 16.6. The molecular weight excluding hydrogens is 298 g/mol. The van der Waals surface area contributed by atoms with Gasteiger partial charge in [-0.3, -0.25) is 10.1 Å². The lowest BCUT2D eigenvalue weighted by atomic mass is 10.4. The van der Waals surface area contributed by atoms with Crippen LogP contribution in [0, 0.1) is 10.1 Å². The fourth-order valence-corrected chi connectivity index (χ4v) is 1.15. The number of furan rings is 1. The Kier molecular flexibility index (Phi) is 6.89. The van der Waals surface area contributed by atoms with E-state index in [9.17, 15) is 19.7 Å². The van der Waals surface area contributed by atoms with Crippen LogP contribution in [0.2, 0.25) is 0 Å². The molecule has 22 heavy (non-hydrogen) atoms. The number of hydrogen-bond acceptors (Lipinski definition) is 7. The van der Waals surface area contributed by atoms with Crippen LogP contribution in [-0.2, 0) is 4.74 Å². The molecule has 0 radical (unpaired) electrons. The zero-order valence-corrected chi connectivity index (χ0v) is 11.7. The zero-order chi connectivity index (χ0) is 16.4. The van der Waals surface area contributed by atoms with Crippen molar-refractivity contribution < 1.29 is 23.7 Å². The van der Waals surface area contributed by atoms with Crippen LogP contribution in [0.4, 0.5) is 15.5 Å². The van der Waals surface area contributed by atoms with Crippen LogP contribution in [-0.4, -0.2) is 29.9 Å². The Morgan fingerprint density at radius 1 is 1.45 bits per heavy atom. The van der Waals surface area contributed by atoms with E-state index in [1.54, 1.807) is 0 Å². The number of unbranched alkanes of at least 4 members (excludes halogenated alkanes) is 1. The number of nitro groups is 1. The molecule has 3 amide bonds. The topological polar surface area (TPSA) is 148 Å². The van der Waals surface area contributed by atoms with Gasteiger partial charge in [0.2, 0.25) is 0 Å². The summed E-state index contributed by atoms with van der Waals surface area (Å²) in [5, 5.41) is 13.8. The molecular formula is C11H15N5O6. The standard InChI is InChI=1S/C11H15N5O6/c1-2-3-6-21-11(18)15-14-10(17)13-12-7-8-4-5-9(22-8)16(19)20/h4-5,7H,2-3,6H2,1H3,(H,15,18)(H2,13,14,17)/b12-7+. The fourth-order valence-electron chi connectivity index (χ4n) is 1.15. The normalized spacial score (nSPS) is 10.2. The van der Waals surface area contributed by atoms with E-state index < -0.39 is 22.9 Å². The zero-order valence-electron chi connectivity index (χ0n) is 11.7. The molecule has 0 bridgehead atoms. The molecule has 0 unspecified atom stereocenters. The summed E-state index contributed by atoms with van der Waals surface area (Å²) in [7, 11) is 0. The second kappa shape index (κ2) is 8.94. The number of carbonyl (C=O) groups excluding carboxylic acids is 2. The van der Waals surface area contributed by atoms with Crippen LogP contribution in [0.1, 0.15) is 25.5 Å². The predicted molar refractivity (Wildman–Crippen MR) is 74.0 cm³/mol. The van der Waals surface area contributed by atoms with Gasteiger partial charge in [-0.2, -0.15) is 5.10 Å². The minimum Gasteiger partial charge on any atom is -0.448 e. The SMILES string of the molecule is CCCCOC(=O)NNC(=O)N/N=C/c1ccc([N+](=O)[O-])o1. The molecule has 0 spiro atoms. The molecule has 0 aliphatic carbocycles. The second-order valence-electron chi connectivity index (χ2n) is 3.87. The van der Waals surface area contributed by atoms with Crippen molar-refractivity contribution in [3.8, 4) is 0 Å². The lowest BCUT2D eigenvalue weighted by molar-refractivity contribution is -0.402. The molecule has 0 aromatic carbocycles. The molecule has 11 heteroatoms. The van der Waals surface area contributed by atoms with Crippen LogP contribution >= 0.6 is 0 Å². The van der Waals surface area contributed by atoms with Crippen LogP contribution in [0.5, 0.6) is 0 Å². The van der Waals surface area contributed by atoms with E-state index in [-0.39, 0.29) is 12.4 Å².